The molecule has 200 valence electrons. The molecule has 3 heterocycles. The van der Waals surface area contributed by atoms with Gasteiger partial charge in [-0.1, -0.05) is 17.7 Å². The first-order valence-corrected chi connectivity index (χ1v) is 14.1. The van der Waals surface area contributed by atoms with Crippen LogP contribution in [0.3, 0.4) is 0 Å². The molecule has 39 heavy (non-hydrogen) atoms. The van der Waals surface area contributed by atoms with E-state index < -0.39 is 0 Å². The summed E-state index contributed by atoms with van der Waals surface area (Å²) >= 11 is 7.65. The highest BCUT2D eigenvalue weighted by atomic mass is 35.5. The highest BCUT2D eigenvalue weighted by Gasteiger charge is 2.29. The maximum atomic E-state index is 12.1. The topological polar surface area (TPSA) is 115 Å². The molecule has 1 saturated heterocycles. The maximum Gasteiger partial charge on any atom is 0.234 e. The number of carbonyl (C=O) groups excluding carboxylic acids is 1. The van der Waals surface area contributed by atoms with Gasteiger partial charge in [0.2, 0.25) is 17.8 Å². The summed E-state index contributed by atoms with van der Waals surface area (Å²) in [6, 6.07) is 17.6. The summed E-state index contributed by atoms with van der Waals surface area (Å²) in [5.41, 5.74) is 2.84. The fraction of sp³-hybridized carbons (Fsp3) is 0.296. The number of nitrogens with one attached hydrogen (secondary N) is 3. The number of amides is 1. The first-order chi connectivity index (χ1) is 19.0. The number of anilines is 5. The van der Waals surface area contributed by atoms with E-state index in [0.29, 0.717) is 22.9 Å². The van der Waals surface area contributed by atoms with Gasteiger partial charge in [-0.3, -0.25) is 9.89 Å². The Kier molecular flexibility index (Phi) is 7.25. The average Bonchev–Trinajstić information content (AvgIpc) is 3.72. The predicted octanol–water partition coefficient (Wildman–Crippen LogP) is 5.13. The van der Waals surface area contributed by atoms with Crippen molar-refractivity contribution < 1.29 is 4.79 Å². The van der Waals surface area contributed by atoms with Crippen molar-refractivity contribution in [3.05, 3.63) is 65.3 Å². The van der Waals surface area contributed by atoms with Gasteiger partial charge in [-0.2, -0.15) is 20.1 Å². The van der Waals surface area contributed by atoms with Crippen LogP contribution in [0.5, 0.6) is 0 Å². The number of aryl methyl sites for hydroxylation is 1. The van der Waals surface area contributed by atoms with Crippen molar-refractivity contribution in [3.63, 3.8) is 0 Å². The number of piperazine rings is 1. The summed E-state index contributed by atoms with van der Waals surface area (Å²) in [6.45, 7) is 5.11. The number of hydrogen-bond acceptors (Lipinski definition) is 9. The van der Waals surface area contributed by atoms with Crippen molar-refractivity contribution in [1.29, 1.82) is 0 Å². The first-order valence-electron chi connectivity index (χ1n) is 12.9. The van der Waals surface area contributed by atoms with Crippen LogP contribution in [0.15, 0.2) is 64.6 Å². The van der Waals surface area contributed by atoms with E-state index in [4.69, 9.17) is 21.6 Å². The van der Waals surface area contributed by atoms with Crippen LogP contribution in [-0.2, 0) is 4.79 Å². The molecule has 10 nitrogen and oxygen atoms in total. The lowest BCUT2D eigenvalue weighted by atomic mass is 10.2. The molecule has 1 amide bonds. The molecule has 0 radical (unpaired) electrons. The molecule has 1 saturated carbocycles. The van der Waals surface area contributed by atoms with Gasteiger partial charge in [0.15, 0.2) is 11.0 Å². The van der Waals surface area contributed by atoms with Gasteiger partial charge in [-0.05, 0) is 74.0 Å². The lowest BCUT2D eigenvalue weighted by Crippen LogP contribution is -2.47. The number of nitrogens with zero attached hydrogens (tertiary/aromatic N) is 6. The molecule has 0 bridgehead atoms. The second kappa shape index (κ2) is 11.1. The maximum absolute atomic E-state index is 12.1. The van der Waals surface area contributed by atoms with Crippen LogP contribution in [0.4, 0.5) is 29.1 Å². The fourth-order valence-corrected chi connectivity index (χ4v) is 5.25. The molecule has 6 rings (SSSR count). The molecule has 0 atom stereocenters. The number of aromatic nitrogens is 5. The Balaban J connectivity index is 1.19. The Hall–Kier alpha value is -3.83. The lowest BCUT2D eigenvalue weighted by molar-refractivity contribution is -0.117. The first kappa shape index (κ1) is 25.4. The zero-order valence-corrected chi connectivity index (χ0v) is 23.0. The number of benzene rings is 2. The van der Waals surface area contributed by atoms with E-state index in [-0.39, 0.29) is 11.8 Å². The Morgan fingerprint density at radius 1 is 1.00 bits per heavy atom. The summed E-state index contributed by atoms with van der Waals surface area (Å²) < 4.78 is 0. The molecular weight excluding hydrogens is 534 g/mol. The second-order valence-electron chi connectivity index (χ2n) is 9.65. The molecule has 4 aromatic rings. The Bertz CT molecular complexity index is 1470. The minimum absolute atomic E-state index is 0.0947. The second-order valence-corrected chi connectivity index (χ2v) is 11.1. The summed E-state index contributed by atoms with van der Waals surface area (Å²) in [4.78, 5) is 31.7. The standard InChI is InChI=1S/C27H28ClN9OS/c1-17-15-23(35-34-17)30-25-31-26(37-13-11-36(12-14-37)21-4-2-3-19(28)16-21)33-27(32-25)39-22-9-7-20(8-10-22)29-24(38)18-5-6-18/h2-4,7-10,15-16,18H,5-6,11-14H2,1H3,(H,29,38)(H2,30,31,32,33,34,35). The molecule has 12 heteroatoms. The highest BCUT2D eigenvalue weighted by Crippen LogP contribution is 2.32. The predicted molar refractivity (Wildman–Crippen MR) is 154 cm³/mol. The third kappa shape index (κ3) is 6.43. The van der Waals surface area contributed by atoms with Gasteiger partial charge in [-0.15, -0.1) is 0 Å². The molecular formula is C27H28ClN9OS. The SMILES string of the molecule is Cc1cc(Nc2nc(Sc3ccc(NC(=O)C4CC4)cc3)nc(N3CCN(c4cccc(Cl)c4)CC3)n2)n[nH]1. The fourth-order valence-electron chi connectivity index (χ4n) is 4.32. The lowest BCUT2D eigenvalue weighted by Gasteiger charge is -2.36. The molecule has 1 aliphatic carbocycles. The van der Waals surface area contributed by atoms with Crippen LogP contribution in [-0.4, -0.2) is 57.2 Å². The van der Waals surface area contributed by atoms with Crippen LogP contribution in [0.1, 0.15) is 18.5 Å². The van der Waals surface area contributed by atoms with Crippen molar-refractivity contribution in [1.82, 2.24) is 25.1 Å². The van der Waals surface area contributed by atoms with Crippen molar-refractivity contribution in [3.8, 4) is 0 Å². The number of rotatable bonds is 8. The third-order valence-electron chi connectivity index (χ3n) is 6.56. The molecule has 0 spiro atoms. The minimum atomic E-state index is 0.0947. The number of H-pyrrole nitrogens is 1. The van der Waals surface area contributed by atoms with Gasteiger partial charge in [0, 0.05) is 65.2 Å². The van der Waals surface area contributed by atoms with Crippen LogP contribution in [0.25, 0.3) is 0 Å². The van der Waals surface area contributed by atoms with Crippen molar-refractivity contribution in [2.24, 2.45) is 5.92 Å². The summed E-state index contributed by atoms with van der Waals surface area (Å²) in [6.07, 6.45) is 1.96. The molecule has 2 fully saturated rings. The number of carbonyl (C=O) groups is 1. The molecule has 0 unspecified atom stereocenters. The molecule has 2 aromatic carbocycles. The van der Waals surface area contributed by atoms with Gasteiger partial charge >= 0.3 is 0 Å². The largest absolute Gasteiger partial charge is 0.368 e. The highest BCUT2D eigenvalue weighted by molar-refractivity contribution is 7.99. The number of hydrogen-bond donors (Lipinski definition) is 3. The average molecular weight is 562 g/mol. The van der Waals surface area contributed by atoms with Crippen molar-refractivity contribution in [2.75, 3.05) is 46.6 Å². The van der Waals surface area contributed by atoms with Gasteiger partial charge in [-0.25, -0.2) is 0 Å². The summed E-state index contributed by atoms with van der Waals surface area (Å²) in [5, 5.41) is 14.7. The van der Waals surface area contributed by atoms with E-state index in [1.165, 1.54) is 11.8 Å². The van der Waals surface area contributed by atoms with Crippen LogP contribution in [0.2, 0.25) is 5.02 Å². The molecule has 2 aliphatic rings. The van der Waals surface area contributed by atoms with Gasteiger partial charge < -0.3 is 20.4 Å². The quantitative estimate of drug-likeness (QED) is 0.269. The number of halogens is 1. The van der Waals surface area contributed by atoms with E-state index in [9.17, 15) is 4.79 Å². The van der Waals surface area contributed by atoms with Gasteiger partial charge in [0.25, 0.3) is 0 Å². The zero-order valence-electron chi connectivity index (χ0n) is 21.4. The van der Waals surface area contributed by atoms with E-state index in [2.05, 4.69) is 41.7 Å². The Morgan fingerprint density at radius 3 is 2.46 bits per heavy atom. The van der Waals surface area contributed by atoms with Crippen LogP contribution >= 0.6 is 23.4 Å². The zero-order chi connectivity index (χ0) is 26.8. The molecule has 1 aliphatic heterocycles. The Morgan fingerprint density at radius 2 is 1.77 bits per heavy atom. The van der Waals surface area contributed by atoms with E-state index in [1.54, 1.807) is 0 Å². The monoisotopic (exact) mass is 561 g/mol. The summed E-state index contributed by atoms with van der Waals surface area (Å²) in [5.74, 6) is 1.94. The van der Waals surface area contributed by atoms with Crippen LogP contribution < -0.4 is 20.4 Å². The van der Waals surface area contributed by atoms with Crippen LogP contribution in [0, 0.1) is 12.8 Å². The van der Waals surface area contributed by atoms with E-state index >= 15 is 0 Å². The van der Waals surface area contributed by atoms with E-state index in [1.807, 2.05) is 55.5 Å². The Labute approximate surface area is 235 Å². The van der Waals surface area contributed by atoms with Crippen molar-refractivity contribution in [2.45, 2.75) is 29.8 Å². The molecule has 2 aromatic heterocycles. The third-order valence-corrected chi connectivity index (χ3v) is 7.67. The minimum Gasteiger partial charge on any atom is -0.368 e. The number of aromatic amines is 1. The molecule has 3 N–H and O–H groups in total. The van der Waals surface area contributed by atoms with Crippen molar-refractivity contribution >= 4 is 58.4 Å². The van der Waals surface area contributed by atoms with Gasteiger partial charge in [0.05, 0.1) is 0 Å². The normalized spacial score (nSPS) is 15.3. The smallest absolute Gasteiger partial charge is 0.234 e. The van der Waals surface area contributed by atoms with E-state index in [0.717, 1.165) is 66.0 Å². The summed E-state index contributed by atoms with van der Waals surface area (Å²) in [7, 11) is 0. The van der Waals surface area contributed by atoms with Gasteiger partial charge in [0.1, 0.15) is 0 Å².